The number of halogens is 3. The van der Waals surface area contributed by atoms with Crippen LogP contribution in [-0.4, -0.2) is 72.3 Å². The van der Waals surface area contributed by atoms with Crippen LogP contribution in [0.2, 0.25) is 0 Å². The molecule has 1 unspecified atom stereocenters. The number of nitrogens with zero attached hydrogens (tertiary/aromatic N) is 6. The molecular weight excluding hydrogens is 444 g/mol. The fourth-order valence-corrected chi connectivity index (χ4v) is 3.73. The third-order valence-electron chi connectivity index (χ3n) is 5.62. The summed E-state index contributed by atoms with van der Waals surface area (Å²) in [4.78, 5) is 29.4. The number of alkyl halides is 3. The van der Waals surface area contributed by atoms with Gasteiger partial charge in [0.2, 0.25) is 5.95 Å². The number of hydrogen-bond acceptors (Lipinski definition) is 5. The van der Waals surface area contributed by atoms with E-state index in [1.165, 1.54) is 18.5 Å². The fourth-order valence-electron chi connectivity index (χ4n) is 3.73. The molecular formula is C20H23B3F3N7O. The Kier molecular flexibility index (Phi) is 6.09. The van der Waals surface area contributed by atoms with Gasteiger partial charge in [0.05, 0.1) is 23.6 Å². The van der Waals surface area contributed by atoms with Crippen molar-refractivity contribution in [2.75, 3.05) is 23.3 Å². The maximum Gasteiger partial charge on any atom is 0.416 e. The summed E-state index contributed by atoms with van der Waals surface area (Å²) in [5.41, 5.74) is 0.518. The molecule has 1 aliphatic heterocycles. The largest absolute Gasteiger partial charge is 0.416 e. The molecule has 1 N–H and O–H groups in total. The first-order valence-corrected chi connectivity index (χ1v) is 10.8. The van der Waals surface area contributed by atoms with Crippen molar-refractivity contribution in [1.29, 1.82) is 0 Å². The van der Waals surface area contributed by atoms with Gasteiger partial charge < -0.3 is 14.8 Å². The molecule has 174 valence electrons. The number of nitrogens with one attached hydrogen (secondary N) is 1. The number of imidazole rings is 1. The molecule has 1 aliphatic rings. The van der Waals surface area contributed by atoms with Crippen LogP contribution >= 0.6 is 0 Å². The summed E-state index contributed by atoms with van der Waals surface area (Å²) >= 11 is 0. The van der Waals surface area contributed by atoms with Crippen LogP contribution in [0.5, 0.6) is 0 Å². The Bertz CT molecular complexity index is 1180. The third-order valence-corrected chi connectivity index (χ3v) is 5.62. The van der Waals surface area contributed by atoms with E-state index in [4.69, 9.17) is 0 Å². The molecule has 0 saturated carbocycles. The summed E-state index contributed by atoms with van der Waals surface area (Å²) in [5.74, 6) is 0.854. The van der Waals surface area contributed by atoms with Gasteiger partial charge in [-0.05, 0) is 42.5 Å². The van der Waals surface area contributed by atoms with E-state index in [1.54, 1.807) is 32.8 Å². The van der Waals surface area contributed by atoms with Crippen molar-refractivity contribution in [3.05, 3.63) is 60.3 Å². The van der Waals surface area contributed by atoms with E-state index in [-0.39, 0.29) is 17.3 Å². The van der Waals surface area contributed by atoms with E-state index in [1.807, 2.05) is 30.5 Å². The zero-order valence-electron chi connectivity index (χ0n) is 19.3. The lowest BCUT2D eigenvalue weighted by Gasteiger charge is -2.31. The highest BCUT2D eigenvalue weighted by molar-refractivity contribution is 6.59. The van der Waals surface area contributed by atoms with E-state index >= 15 is 0 Å². The Morgan fingerprint density at radius 3 is 2.38 bits per heavy atom. The van der Waals surface area contributed by atoms with E-state index in [0.29, 0.717) is 36.2 Å². The van der Waals surface area contributed by atoms with Crippen LogP contribution in [0.15, 0.2) is 49.1 Å². The SMILES string of the molecule is BC(B)(B)N1CCN(c2ccnc(NC(C)c3cn(-c4ccc(C(F)(F)F)cc4)cn3)n2)C1=O. The number of amides is 2. The highest BCUT2D eigenvalue weighted by Crippen LogP contribution is 2.30. The van der Waals surface area contributed by atoms with Gasteiger partial charge in [-0.25, -0.2) is 14.8 Å². The van der Waals surface area contributed by atoms with Crippen LogP contribution in [0, 0.1) is 0 Å². The molecule has 3 aromatic rings. The van der Waals surface area contributed by atoms with Crippen molar-refractivity contribution >= 4 is 41.3 Å². The molecule has 2 aromatic heterocycles. The molecule has 4 rings (SSSR count). The summed E-state index contributed by atoms with van der Waals surface area (Å²) in [6.07, 6.45) is 0.480. The first kappa shape index (κ1) is 23.7. The minimum absolute atomic E-state index is 0.0968. The van der Waals surface area contributed by atoms with Crippen LogP contribution in [0.3, 0.4) is 0 Å². The van der Waals surface area contributed by atoms with Crippen LogP contribution in [0.25, 0.3) is 5.69 Å². The van der Waals surface area contributed by atoms with Gasteiger partial charge in [0.15, 0.2) is 0 Å². The molecule has 0 aliphatic carbocycles. The van der Waals surface area contributed by atoms with Gasteiger partial charge in [-0.2, -0.15) is 18.2 Å². The number of carbonyl (C=O) groups excluding carboxylic acids is 1. The van der Waals surface area contributed by atoms with Crippen molar-refractivity contribution in [2.45, 2.75) is 24.4 Å². The van der Waals surface area contributed by atoms with E-state index in [9.17, 15) is 18.0 Å². The Balaban J connectivity index is 1.46. The Labute approximate surface area is 197 Å². The van der Waals surface area contributed by atoms with Gasteiger partial charge >= 0.3 is 12.2 Å². The monoisotopic (exact) mass is 467 g/mol. The predicted molar refractivity (Wildman–Crippen MR) is 130 cm³/mol. The zero-order valence-corrected chi connectivity index (χ0v) is 19.3. The topological polar surface area (TPSA) is 79.2 Å². The normalized spacial score (nSPS) is 15.6. The van der Waals surface area contributed by atoms with E-state index < -0.39 is 11.7 Å². The second-order valence-electron chi connectivity index (χ2n) is 9.11. The Morgan fingerprint density at radius 2 is 1.76 bits per heavy atom. The number of benzene rings is 1. The third kappa shape index (κ3) is 4.90. The van der Waals surface area contributed by atoms with Gasteiger partial charge in [0, 0.05) is 31.2 Å². The Hall–Kier alpha value is -3.44. The number of hydrogen-bond donors (Lipinski definition) is 1. The number of carbonyl (C=O) groups is 1. The van der Waals surface area contributed by atoms with E-state index in [2.05, 4.69) is 20.3 Å². The lowest BCUT2D eigenvalue weighted by Crippen LogP contribution is -2.52. The molecule has 8 nitrogen and oxygen atoms in total. The summed E-state index contributed by atoms with van der Waals surface area (Å²) in [5, 5.41) is 2.90. The summed E-state index contributed by atoms with van der Waals surface area (Å²) in [6, 6.07) is 6.18. The predicted octanol–water partition coefficient (Wildman–Crippen LogP) is 0.607. The summed E-state index contributed by atoms with van der Waals surface area (Å²) in [6.45, 7) is 3.03. The second kappa shape index (κ2) is 8.73. The van der Waals surface area contributed by atoms with Crippen molar-refractivity contribution in [2.24, 2.45) is 0 Å². The molecule has 1 aromatic carbocycles. The molecule has 1 fully saturated rings. The summed E-state index contributed by atoms with van der Waals surface area (Å²) < 4.78 is 40.0. The average Bonchev–Trinajstić information content (AvgIpc) is 3.40. The lowest BCUT2D eigenvalue weighted by molar-refractivity contribution is -0.137. The van der Waals surface area contributed by atoms with Crippen LogP contribution in [-0.2, 0) is 6.18 Å². The van der Waals surface area contributed by atoms with Gasteiger partial charge in [0.25, 0.3) is 0 Å². The van der Waals surface area contributed by atoms with Crippen molar-refractivity contribution in [3.8, 4) is 5.69 Å². The molecule has 0 spiro atoms. The van der Waals surface area contributed by atoms with Crippen LogP contribution in [0.1, 0.15) is 24.2 Å². The van der Waals surface area contributed by atoms with Crippen LogP contribution in [0.4, 0.5) is 29.7 Å². The lowest BCUT2D eigenvalue weighted by atomic mass is 9.48. The van der Waals surface area contributed by atoms with Crippen molar-refractivity contribution in [3.63, 3.8) is 0 Å². The van der Waals surface area contributed by atoms with Gasteiger partial charge in [0.1, 0.15) is 29.4 Å². The molecule has 2 amide bonds. The van der Waals surface area contributed by atoms with E-state index in [0.717, 1.165) is 12.1 Å². The standard InChI is InChI=1S/C20H23B3F3N7O/c1-12(15-10-31(11-28-15)14-4-2-13(3-5-14)19(24,25)26)29-17-27-7-6-16(30-17)32-8-9-33(18(32)34)20(21,22)23/h2-7,10-12H,8-9,21-23H2,1H3,(H,27,29,30). The number of aromatic nitrogens is 4. The maximum absolute atomic E-state index is 12.8. The number of urea groups is 1. The fraction of sp³-hybridized carbons (Fsp3) is 0.300. The quantitative estimate of drug-likeness (QED) is 0.538. The zero-order chi connectivity index (χ0) is 24.7. The molecule has 1 saturated heterocycles. The first-order valence-electron chi connectivity index (χ1n) is 10.8. The highest BCUT2D eigenvalue weighted by atomic mass is 19.4. The minimum Gasteiger partial charge on any atom is -0.346 e. The minimum atomic E-state index is -4.38. The average molecular weight is 467 g/mol. The highest BCUT2D eigenvalue weighted by Gasteiger charge is 2.36. The van der Waals surface area contributed by atoms with Crippen molar-refractivity contribution in [1.82, 2.24) is 24.4 Å². The number of rotatable bonds is 6. The molecule has 34 heavy (non-hydrogen) atoms. The second-order valence-corrected chi connectivity index (χ2v) is 9.11. The summed E-state index contributed by atoms with van der Waals surface area (Å²) in [7, 11) is 5.98. The molecule has 0 bridgehead atoms. The first-order chi connectivity index (χ1) is 15.9. The van der Waals surface area contributed by atoms with Crippen molar-refractivity contribution < 1.29 is 18.0 Å². The molecule has 3 heterocycles. The van der Waals surface area contributed by atoms with Gasteiger partial charge in [-0.15, -0.1) is 0 Å². The Morgan fingerprint density at radius 1 is 1.06 bits per heavy atom. The molecule has 0 radical (unpaired) electrons. The van der Waals surface area contributed by atoms with Gasteiger partial charge in [-0.3, -0.25) is 4.90 Å². The number of anilines is 2. The smallest absolute Gasteiger partial charge is 0.346 e. The maximum atomic E-state index is 12.8. The molecule has 1 atom stereocenters. The van der Waals surface area contributed by atoms with Gasteiger partial charge in [-0.1, -0.05) is 0 Å². The van der Waals surface area contributed by atoms with Crippen LogP contribution < -0.4 is 10.2 Å². The molecule has 14 heteroatoms.